The average molecular weight is 1040 g/mol. The zero-order chi connectivity index (χ0) is 54.3. The van der Waals surface area contributed by atoms with Gasteiger partial charge < -0.3 is 14.2 Å². The van der Waals surface area contributed by atoms with Gasteiger partial charge in [-0.25, -0.2) is 0 Å². The van der Waals surface area contributed by atoms with Crippen LogP contribution in [-0.2, 0) is 28.6 Å². The molecule has 75 heavy (non-hydrogen) atoms. The molecule has 0 aliphatic carbocycles. The molecular weight excluding hydrogens is 925 g/mol. The van der Waals surface area contributed by atoms with Gasteiger partial charge in [-0.05, 0) is 122 Å². The van der Waals surface area contributed by atoms with E-state index in [2.05, 4.69) is 167 Å². The van der Waals surface area contributed by atoms with Gasteiger partial charge in [0.25, 0.3) is 0 Å². The van der Waals surface area contributed by atoms with Crippen molar-refractivity contribution >= 4 is 17.9 Å². The Morgan fingerprint density at radius 2 is 0.520 bits per heavy atom. The van der Waals surface area contributed by atoms with Crippen LogP contribution in [0.2, 0.25) is 0 Å². The van der Waals surface area contributed by atoms with Crippen LogP contribution in [0.3, 0.4) is 0 Å². The molecular formula is C69H110O6. The molecule has 0 aliphatic heterocycles. The lowest BCUT2D eigenvalue weighted by atomic mass is 10.1. The molecule has 0 aromatic carbocycles. The normalized spacial score (nSPS) is 13.2. The number of allylic oxidation sites excluding steroid dienone is 24. The maximum Gasteiger partial charge on any atom is 0.306 e. The molecule has 0 aromatic rings. The molecule has 6 nitrogen and oxygen atoms in total. The van der Waals surface area contributed by atoms with Crippen LogP contribution >= 0.6 is 0 Å². The number of hydrogen-bond acceptors (Lipinski definition) is 6. The Morgan fingerprint density at radius 1 is 0.280 bits per heavy atom. The summed E-state index contributed by atoms with van der Waals surface area (Å²) in [4.78, 5) is 38.1. The lowest BCUT2D eigenvalue weighted by Crippen LogP contribution is -2.30. The van der Waals surface area contributed by atoms with Gasteiger partial charge in [-0.2, -0.15) is 0 Å². The molecule has 0 saturated carbocycles. The van der Waals surface area contributed by atoms with Crippen molar-refractivity contribution in [1.29, 1.82) is 0 Å². The molecule has 1 unspecified atom stereocenters. The summed E-state index contributed by atoms with van der Waals surface area (Å²) in [7, 11) is 0. The Labute approximate surface area is 461 Å². The summed E-state index contributed by atoms with van der Waals surface area (Å²) >= 11 is 0. The maximum absolute atomic E-state index is 12.8. The maximum atomic E-state index is 12.8. The molecule has 0 aromatic heterocycles. The Bertz CT molecular complexity index is 1660. The van der Waals surface area contributed by atoms with Crippen LogP contribution in [0.4, 0.5) is 0 Å². The first-order valence-electron chi connectivity index (χ1n) is 30.3. The van der Waals surface area contributed by atoms with Gasteiger partial charge in [-0.3, -0.25) is 14.4 Å². The molecule has 0 fully saturated rings. The standard InChI is InChI=1S/C69H110O6/c1-4-7-10-13-16-19-21-23-25-27-29-30-31-32-33-34-35-36-37-38-40-41-43-45-47-50-53-56-59-62-68(71)74-65-66(64-73-67(70)61-58-55-52-49-18-15-12-9-6-3)75-69(72)63-60-57-54-51-48-46-44-42-39-28-26-24-22-20-17-14-11-8-5-2/h7-8,10-11,16-17,19-20,23-26,29-30,32-33,35-36,38-40,42,46,48,66H,4-6,9,12-15,18,21-22,27-28,31,34,37,41,43-45,47,49-65H2,1-3H3/b10-7-,11-8-,19-16-,20-17-,25-23-,26-24-,30-29-,33-32-,36-35-,40-38-,42-39-,48-46-. The molecule has 422 valence electrons. The first kappa shape index (κ1) is 70.3. The van der Waals surface area contributed by atoms with Crippen LogP contribution in [0.15, 0.2) is 146 Å². The van der Waals surface area contributed by atoms with E-state index >= 15 is 0 Å². The Kier molecular flexibility index (Phi) is 58.0. The number of carbonyl (C=O) groups excluding carboxylic acids is 3. The highest BCUT2D eigenvalue weighted by atomic mass is 16.6. The molecule has 0 bridgehead atoms. The largest absolute Gasteiger partial charge is 0.462 e. The van der Waals surface area contributed by atoms with Gasteiger partial charge in [-0.15, -0.1) is 0 Å². The summed E-state index contributed by atoms with van der Waals surface area (Å²) in [6.07, 6.45) is 88.5. The first-order chi connectivity index (χ1) is 37.0. The van der Waals surface area contributed by atoms with Gasteiger partial charge in [-0.1, -0.05) is 256 Å². The van der Waals surface area contributed by atoms with Crippen molar-refractivity contribution in [3.05, 3.63) is 146 Å². The van der Waals surface area contributed by atoms with Crippen molar-refractivity contribution in [3.8, 4) is 0 Å². The number of carbonyl (C=O) groups is 3. The number of unbranched alkanes of at least 4 members (excludes halogenated alkanes) is 18. The Balaban J connectivity index is 4.33. The average Bonchev–Trinajstić information content (AvgIpc) is 3.41. The molecule has 0 N–H and O–H groups in total. The smallest absolute Gasteiger partial charge is 0.306 e. The van der Waals surface area contributed by atoms with Gasteiger partial charge in [0.2, 0.25) is 0 Å². The van der Waals surface area contributed by atoms with E-state index < -0.39 is 6.10 Å². The van der Waals surface area contributed by atoms with Gasteiger partial charge in [0.05, 0.1) is 0 Å². The molecule has 0 aliphatic rings. The fraction of sp³-hybridized carbons (Fsp3) is 0.609. The number of esters is 3. The molecule has 6 heteroatoms. The quantitative estimate of drug-likeness (QED) is 0.0261. The predicted molar refractivity (Wildman–Crippen MR) is 325 cm³/mol. The molecule has 0 amide bonds. The van der Waals surface area contributed by atoms with Crippen molar-refractivity contribution in [2.45, 2.75) is 258 Å². The second kappa shape index (κ2) is 61.8. The summed E-state index contributed by atoms with van der Waals surface area (Å²) in [6.45, 7) is 6.35. The summed E-state index contributed by atoms with van der Waals surface area (Å²) in [5, 5.41) is 0. The molecule has 0 heterocycles. The van der Waals surface area contributed by atoms with E-state index in [0.717, 1.165) is 148 Å². The summed E-state index contributed by atoms with van der Waals surface area (Å²) < 4.78 is 16.8. The van der Waals surface area contributed by atoms with Crippen molar-refractivity contribution < 1.29 is 28.6 Å². The van der Waals surface area contributed by atoms with Gasteiger partial charge in [0.15, 0.2) is 6.10 Å². The van der Waals surface area contributed by atoms with Gasteiger partial charge in [0, 0.05) is 19.3 Å². The molecule has 1 atom stereocenters. The fourth-order valence-electron chi connectivity index (χ4n) is 7.86. The van der Waals surface area contributed by atoms with E-state index in [1.54, 1.807) is 0 Å². The third-order valence-electron chi connectivity index (χ3n) is 12.3. The summed E-state index contributed by atoms with van der Waals surface area (Å²) in [5.74, 6) is -0.950. The number of ether oxygens (including phenoxy) is 3. The molecule has 0 spiro atoms. The Hall–Kier alpha value is -4.71. The highest BCUT2D eigenvalue weighted by Crippen LogP contribution is 2.14. The second-order valence-electron chi connectivity index (χ2n) is 19.5. The van der Waals surface area contributed by atoms with Crippen LogP contribution in [-0.4, -0.2) is 37.2 Å². The topological polar surface area (TPSA) is 78.9 Å². The third-order valence-corrected chi connectivity index (χ3v) is 12.3. The minimum absolute atomic E-state index is 0.0986. The zero-order valence-corrected chi connectivity index (χ0v) is 48.3. The first-order valence-corrected chi connectivity index (χ1v) is 30.3. The van der Waals surface area contributed by atoms with E-state index in [1.807, 2.05) is 0 Å². The monoisotopic (exact) mass is 1030 g/mol. The molecule has 0 radical (unpaired) electrons. The zero-order valence-electron chi connectivity index (χ0n) is 48.3. The third kappa shape index (κ3) is 60.0. The van der Waals surface area contributed by atoms with Crippen molar-refractivity contribution in [2.24, 2.45) is 0 Å². The van der Waals surface area contributed by atoms with Crippen molar-refractivity contribution in [1.82, 2.24) is 0 Å². The highest BCUT2D eigenvalue weighted by Gasteiger charge is 2.19. The SMILES string of the molecule is CC/C=C\C/C=C\C/C=C\C/C=C\C/C=C\C/C=C\C/C=C\CCCCCCCCCC(=O)OCC(COC(=O)CCCCCCCCCCC)OC(=O)CCCCC/C=C\C/C=C\C/C=C\C/C=C\C/C=C\CC. The molecule has 0 saturated heterocycles. The lowest BCUT2D eigenvalue weighted by molar-refractivity contribution is -0.167. The van der Waals surface area contributed by atoms with Gasteiger partial charge >= 0.3 is 17.9 Å². The van der Waals surface area contributed by atoms with E-state index in [-0.39, 0.29) is 37.5 Å². The van der Waals surface area contributed by atoms with E-state index in [0.29, 0.717) is 12.8 Å². The fourth-order valence-corrected chi connectivity index (χ4v) is 7.86. The number of rotatable bonds is 53. The van der Waals surface area contributed by atoms with Crippen LogP contribution < -0.4 is 0 Å². The minimum atomic E-state index is -0.804. The lowest BCUT2D eigenvalue weighted by Gasteiger charge is -2.18. The predicted octanol–water partition coefficient (Wildman–Crippen LogP) is 20.8. The van der Waals surface area contributed by atoms with Crippen LogP contribution in [0, 0.1) is 0 Å². The highest BCUT2D eigenvalue weighted by molar-refractivity contribution is 5.71. The van der Waals surface area contributed by atoms with Crippen LogP contribution in [0.25, 0.3) is 0 Å². The second-order valence-corrected chi connectivity index (χ2v) is 19.5. The molecule has 0 rings (SSSR count). The summed E-state index contributed by atoms with van der Waals surface area (Å²) in [6, 6.07) is 0. The minimum Gasteiger partial charge on any atom is -0.462 e. The van der Waals surface area contributed by atoms with E-state index in [9.17, 15) is 14.4 Å². The van der Waals surface area contributed by atoms with Crippen molar-refractivity contribution in [3.63, 3.8) is 0 Å². The van der Waals surface area contributed by atoms with Crippen LogP contribution in [0.5, 0.6) is 0 Å². The van der Waals surface area contributed by atoms with Gasteiger partial charge in [0.1, 0.15) is 13.2 Å². The van der Waals surface area contributed by atoms with E-state index in [4.69, 9.17) is 14.2 Å². The van der Waals surface area contributed by atoms with Crippen molar-refractivity contribution in [2.75, 3.05) is 13.2 Å². The van der Waals surface area contributed by atoms with E-state index in [1.165, 1.54) is 64.2 Å². The van der Waals surface area contributed by atoms with Crippen LogP contribution in [0.1, 0.15) is 252 Å². The number of hydrogen-bond donors (Lipinski definition) is 0. The summed E-state index contributed by atoms with van der Waals surface area (Å²) in [5.41, 5.74) is 0. The Morgan fingerprint density at radius 3 is 0.827 bits per heavy atom.